The minimum Gasteiger partial charge on any atom is -0.511 e. The lowest BCUT2D eigenvalue weighted by Crippen LogP contribution is -2.37. The summed E-state index contributed by atoms with van der Waals surface area (Å²) in [5, 5.41) is 10.7. The van der Waals surface area contributed by atoms with E-state index in [-0.39, 0.29) is 5.76 Å². The van der Waals surface area contributed by atoms with Gasteiger partial charge in [-0.25, -0.2) is 4.79 Å². The Morgan fingerprint density at radius 2 is 1.74 bits per heavy atom. The number of benzene rings is 2. The molecular weight excluding hydrogens is 356 g/mol. The molecule has 0 bridgehead atoms. The number of hydrogen-bond acceptors (Lipinski definition) is 4. The molecule has 0 saturated carbocycles. The van der Waals surface area contributed by atoms with Crippen LogP contribution in [0.3, 0.4) is 0 Å². The van der Waals surface area contributed by atoms with Crippen LogP contribution in [0.4, 0.5) is 0 Å². The molecule has 27 heavy (non-hydrogen) atoms. The Balaban J connectivity index is 1.75. The fourth-order valence-corrected chi connectivity index (χ4v) is 4.38. The molecule has 1 aliphatic heterocycles. The Morgan fingerprint density at radius 1 is 1.07 bits per heavy atom. The maximum Gasteiger partial charge on any atom is 0.348 e. The number of aliphatic hydroxyl groups is 1. The van der Waals surface area contributed by atoms with Crippen molar-refractivity contribution in [2.45, 2.75) is 44.6 Å². The zero-order valence-electron chi connectivity index (χ0n) is 15.7. The van der Waals surface area contributed by atoms with E-state index in [9.17, 15) is 9.90 Å². The quantitative estimate of drug-likeness (QED) is 0.589. The average Bonchev–Trinajstić information content (AvgIpc) is 2.70. The summed E-state index contributed by atoms with van der Waals surface area (Å²) in [6.45, 7) is 2.11. The van der Waals surface area contributed by atoms with Gasteiger partial charge in [-0.3, -0.25) is 0 Å². The first-order chi connectivity index (χ1) is 13.1. The molecule has 0 spiro atoms. The molecule has 1 aliphatic rings. The lowest BCUT2D eigenvalue weighted by Gasteiger charge is -2.37. The minimum atomic E-state index is -0.762. The number of thioether (sulfide) groups is 1. The number of carbonyl (C=O) groups is 1. The van der Waals surface area contributed by atoms with E-state index in [1.165, 1.54) is 17.3 Å². The number of esters is 1. The molecule has 0 saturated heterocycles. The monoisotopic (exact) mass is 382 g/mol. The highest BCUT2D eigenvalue weighted by molar-refractivity contribution is 8.04. The van der Waals surface area contributed by atoms with Crippen molar-refractivity contribution in [1.29, 1.82) is 0 Å². The summed E-state index contributed by atoms with van der Waals surface area (Å²) in [6.07, 6.45) is 3.85. The fraction of sp³-hybridized carbons (Fsp3) is 0.348. The van der Waals surface area contributed by atoms with Gasteiger partial charge in [0.15, 0.2) is 0 Å². The predicted octanol–water partition coefficient (Wildman–Crippen LogP) is 5.76. The summed E-state index contributed by atoms with van der Waals surface area (Å²) in [6, 6.07) is 19.9. The van der Waals surface area contributed by atoms with Crippen molar-refractivity contribution in [2.24, 2.45) is 0 Å². The van der Waals surface area contributed by atoms with Gasteiger partial charge in [-0.2, -0.15) is 0 Å². The van der Waals surface area contributed by atoms with E-state index in [1.54, 1.807) is 0 Å². The number of hydrogen-bond donors (Lipinski definition) is 1. The van der Waals surface area contributed by atoms with Crippen LogP contribution >= 0.6 is 11.8 Å². The van der Waals surface area contributed by atoms with E-state index in [0.29, 0.717) is 17.7 Å². The lowest BCUT2D eigenvalue weighted by molar-refractivity contribution is -0.160. The molecule has 2 aromatic carbocycles. The van der Waals surface area contributed by atoms with Crippen molar-refractivity contribution in [3.8, 4) is 0 Å². The number of carbonyl (C=O) groups excluding carboxylic acids is 1. The highest BCUT2D eigenvalue weighted by Gasteiger charge is 2.43. The van der Waals surface area contributed by atoms with Gasteiger partial charge >= 0.3 is 5.97 Å². The first-order valence-electron chi connectivity index (χ1n) is 9.52. The third kappa shape index (κ3) is 4.75. The molecule has 1 heterocycles. The van der Waals surface area contributed by atoms with Gasteiger partial charge in [-0.15, -0.1) is 11.8 Å². The second kappa shape index (κ2) is 9.14. The Kier molecular flexibility index (Phi) is 6.62. The molecule has 1 atom stereocenters. The Morgan fingerprint density at radius 3 is 2.37 bits per heavy atom. The van der Waals surface area contributed by atoms with Crippen molar-refractivity contribution in [3.05, 3.63) is 82.5 Å². The second-order valence-electron chi connectivity index (χ2n) is 6.89. The summed E-state index contributed by atoms with van der Waals surface area (Å²) in [5.41, 5.74) is 1.41. The first-order valence-corrected chi connectivity index (χ1v) is 10.5. The number of aryl methyl sites for hydroxylation is 1. The van der Waals surface area contributed by atoms with Gasteiger partial charge in [0, 0.05) is 5.75 Å². The van der Waals surface area contributed by atoms with Gasteiger partial charge in [0.1, 0.15) is 16.3 Å². The molecular formula is C23H26O3S. The average molecular weight is 383 g/mol. The van der Waals surface area contributed by atoms with Crippen LogP contribution in [0.1, 0.15) is 43.7 Å². The minimum absolute atomic E-state index is 0.157. The van der Waals surface area contributed by atoms with Crippen LogP contribution in [0.15, 0.2) is 71.3 Å². The maximum atomic E-state index is 12.7. The van der Waals surface area contributed by atoms with Gasteiger partial charge in [-0.05, 0) is 30.4 Å². The van der Waals surface area contributed by atoms with E-state index < -0.39 is 11.6 Å². The van der Waals surface area contributed by atoms with E-state index in [0.717, 1.165) is 30.6 Å². The van der Waals surface area contributed by atoms with Gasteiger partial charge in [0.05, 0.1) is 6.42 Å². The summed E-state index contributed by atoms with van der Waals surface area (Å²) in [7, 11) is 0. The Bertz CT molecular complexity index is 786. The highest BCUT2D eigenvalue weighted by atomic mass is 32.2. The van der Waals surface area contributed by atoms with Gasteiger partial charge < -0.3 is 9.84 Å². The second-order valence-corrected chi connectivity index (χ2v) is 8.00. The van der Waals surface area contributed by atoms with Crippen LogP contribution in [0.25, 0.3) is 0 Å². The van der Waals surface area contributed by atoms with Crippen molar-refractivity contribution < 1.29 is 14.6 Å². The van der Waals surface area contributed by atoms with Crippen molar-refractivity contribution in [1.82, 2.24) is 0 Å². The molecule has 0 aromatic heterocycles. The topological polar surface area (TPSA) is 46.5 Å². The number of aliphatic hydroxyl groups excluding tert-OH is 1. The van der Waals surface area contributed by atoms with Crippen LogP contribution < -0.4 is 0 Å². The number of unbranched alkanes of at least 4 members (excludes halogenated alkanes) is 1. The van der Waals surface area contributed by atoms with E-state index in [2.05, 4.69) is 19.1 Å². The zero-order chi connectivity index (χ0) is 19.1. The smallest absolute Gasteiger partial charge is 0.348 e. The Labute approximate surface area is 165 Å². The zero-order valence-corrected chi connectivity index (χ0v) is 16.5. The van der Waals surface area contributed by atoms with Crippen LogP contribution in [0.2, 0.25) is 0 Å². The van der Waals surface area contributed by atoms with E-state index >= 15 is 0 Å². The summed E-state index contributed by atoms with van der Waals surface area (Å²) in [4.78, 5) is 13.1. The molecule has 1 N–H and O–H groups in total. The molecule has 3 rings (SSSR count). The summed E-state index contributed by atoms with van der Waals surface area (Å²) >= 11 is 1.38. The third-order valence-corrected chi connectivity index (χ3v) is 6.00. The summed E-state index contributed by atoms with van der Waals surface area (Å²) in [5.74, 6) is 0.479. The van der Waals surface area contributed by atoms with Crippen LogP contribution in [-0.2, 0) is 21.6 Å². The molecule has 3 nitrogen and oxygen atoms in total. The third-order valence-electron chi connectivity index (χ3n) is 4.90. The molecule has 0 aliphatic carbocycles. The first kappa shape index (κ1) is 19.6. The fourth-order valence-electron chi connectivity index (χ4n) is 3.44. The van der Waals surface area contributed by atoms with E-state index in [4.69, 9.17) is 4.74 Å². The standard InChI is InChI=1S/C23H26O3S/c1-2-3-15-23(19-12-8-5-9-13-19)17-20(24)21(22(25)26-23)27-16-14-18-10-6-4-7-11-18/h4-13,24H,2-3,14-17H2,1H3. The molecule has 0 radical (unpaired) electrons. The van der Waals surface area contributed by atoms with Crippen molar-refractivity contribution in [3.63, 3.8) is 0 Å². The molecule has 0 amide bonds. The predicted molar refractivity (Wildman–Crippen MR) is 111 cm³/mol. The van der Waals surface area contributed by atoms with Gasteiger partial charge in [0.25, 0.3) is 0 Å². The number of rotatable bonds is 8. The van der Waals surface area contributed by atoms with E-state index in [1.807, 2.05) is 48.5 Å². The normalized spacial score (nSPS) is 19.8. The molecule has 4 heteroatoms. The number of cyclic esters (lactones) is 1. The maximum absolute atomic E-state index is 12.7. The van der Waals surface area contributed by atoms with Crippen LogP contribution in [0, 0.1) is 0 Å². The molecule has 1 unspecified atom stereocenters. The molecule has 0 fully saturated rings. The van der Waals surface area contributed by atoms with Crippen LogP contribution in [0.5, 0.6) is 0 Å². The van der Waals surface area contributed by atoms with Crippen molar-refractivity contribution in [2.75, 3.05) is 5.75 Å². The van der Waals surface area contributed by atoms with Gasteiger partial charge in [0.2, 0.25) is 0 Å². The van der Waals surface area contributed by atoms with Crippen molar-refractivity contribution >= 4 is 17.7 Å². The van der Waals surface area contributed by atoms with Crippen LogP contribution in [-0.4, -0.2) is 16.8 Å². The largest absolute Gasteiger partial charge is 0.511 e. The molecule has 142 valence electrons. The Hall–Kier alpha value is -2.20. The highest BCUT2D eigenvalue weighted by Crippen LogP contribution is 2.43. The SMILES string of the molecule is CCCCC1(c2ccccc2)CC(O)=C(SCCc2ccccc2)C(=O)O1. The molecule has 2 aromatic rings. The lowest BCUT2D eigenvalue weighted by atomic mass is 9.83. The number of ether oxygens (including phenoxy) is 1. The summed E-state index contributed by atoms with van der Waals surface area (Å²) < 4.78 is 5.97. The van der Waals surface area contributed by atoms with Gasteiger partial charge in [-0.1, -0.05) is 74.0 Å².